The van der Waals surface area contributed by atoms with Crippen LogP contribution in [0.3, 0.4) is 0 Å². The third-order valence-electron chi connectivity index (χ3n) is 2.45. The van der Waals surface area contributed by atoms with Crippen LogP contribution in [0, 0.1) is 12.7 Å². The standard InChI is InChI=1S/C11H11FN2O3S2.CH4.BrH/c1-7-14(6-11(15)13-19(2,16)17)9-5-8(12)3-4-10(9)18-7;;/h3-5H,6H2,1-2H3;1H4;1H. The SMILES string of the molecule is C.Cc1sc2ccc(F)cc2[n+]1CC(=O)NS(C)(=O)=O.[Br-]. The van der Waals surface area contributed by atoms with Crippen LogP contribution in [0.2, 0.25) is 0 Å². The van der Waals surface area contributed by atoms with Gasteiger partial charge in [-0.2, -0.15) is 4.57 Å². The fourth-order valence-electron chi connectivity index (χ4n) is 1.75. The fraction of sp³-hybridized carbons (Fsp3) is 0.333. The first-order valence-electron chi connectivity index (χ1n) is 5.35. The van der Waals surface area contributed by atoms with Gasteiger partial charge in [0, 0.05) is 13.0 Å². The molecule has 0 spiro atoms. The summed E-state index contributed by atoms with van der Waals surface area (Å²) in [6.07, 6.45) is 0.911. The summed E-state index contributed by atoms with van der Waals surface area (Å²) in [6, 6.07) is 4.30. The first kappa shape index (κ1) is 19.9. The number of hydrogen-bond acceptors (Lipinski definition) is 4. The Hall–Kier alpha value is -1.06. The second-order valence-electron chi connectivity index (χ2n) is 4.12. The van der Waals surface area contributed by atoms with Gasteiger partial charge in [0.2, 0.25) is 27.1 Å². The van der Waals surface area contributed by atoms with Crippen LogP contribution in [0.15, 0.2) is 18.2 Å². The molecular formula is C12H16BrFN2O3S2. The molecule has 1 aromatic carbocycles. The molecule has 0 aliphatic carbocycles. The Bertz CT molecular complexity index is 759. The predicted octanol–water partition coefficient (Wildman–Crippen LogP) is -1.65. The van der Waals surface area contributed by atoms with Crippen molar-refractivity contribution in [3.63, 3.8) is 0 Å². The monoisotopic (exact) mass is 398 g/mol. The van der Waals surface area contributed by atoms with Gasteiger partial charge in [-0.3, -0.25) is 4.79 Å². The van der Waals surface area contributed by atoms with Gasteiger partial charge < -0.3 is 17.0 Å². The normalized spacial score (nSPS) is 10.6. The number of carbonyl (C=O) groups is 1. The highest BCUT2D eigenvalue weighted by molar-refractivity contribution is 7.89. The van der Waals surface area contributed by atoms with E-state index in [-0.39, 0.29) is 31.0 Å². The van der Waals surface area contributed by atoms with Crippen LogP contribution in [0.4, 0.5) is 4.39 Å². The van der Waals surface area contributed by atoms with Crippen molar-refractivity contribution in [3.05, 3.63) is 29.0 Å². The quantitative estimate of drug-likeness (QED) is 0.630. The molecule has 5 nitrogen and oxygen atoms in total. The van der Waals surface area contributed by atoms with Gasteiger partial charge in [-0.25, -0.2) is 17.5 Å². The number of hydrogen-bond donors (Lipinski definition) is 1. The van der Waals surface area contributed by atoms with Crippen molar-refractivity contribution in [2.75, 3.05) is 6.26 Å². The molecule has 2 rings (SSSR count). The van der Waals surface area contributed by atoms with E-state index in [4.69, 9.17) is 0 Å². The summed E-state index contributed by atoms with van der Waals surface area (Å²) >= 11 is 1.41. The van der Waals surface area contributed by atoms with E-state index in [1.807, 2.05) is 4.72 Å². The number of aromatic nitrogens is 1. The first-order valence-corrected chi connectivity index (χ1v) is 8.06. The molecule has 0 saturated carbocycles. The maximum atomic E-state index is 13.2. The Balaban J connectivity index is 0.00000200. The lowest BCUT2D eigenvalue weighted by Gasteiger charge is -1.99. The molecule has 21 heavy (non-hydrogen) atoms. The number of halogens is 2. The number of thiazole rings is 1. The van der Waals surface area contributed by atoms with Crippen molar-refractivity contribution in [1.29, 1.82) is 0 Å². The average Bonchev–Trinajstić information content (AvgIpc) is 2.53. The minimum Gasteiger partial charge on any atom is -1.00 e. The molecule has 0 fully saturated rings. The smallest absolute Gasteiger partial charge is 0.299 e. The molecule has 0 bridgehead atoms. The van der Waals surface area contributed by atoms with Gasteiger partial charge in [-0.1, -0.05) is 18.8 Å². The van der Waals surface area contributed by atoms with Crippen LogP contribution < -0.4 is 26.3 Å². The molecule has 1 amide bonds. The van der Waals surface area contributed by atoms with Crippen molar-refractivity contribution >= 4 is 37.5 Å². The topological polar surface area (TPSA) is 67.1 Å². The van der Waals surface area contributed by atoms with E-state index in [0.717, 1.165) is 16.0 Å². The molecule has 0 aliphatic heterocycles. The second-order valence-corrected chi connectivity index (χ2v) is 7.10. The van der Waals surface area contributed by atoms with E-state index < -0.39 is 21.7 Å². The van der Waals surface area contributed by atoms with Crippen molar-refractivity contribution < 1.29 is 39.2 Å². The number of aryl methyl sites for hydroxylation is 1. The molecule has 0 unspecified atom stereocenters. The number of nitrogens with zero attached hydrogens (tertiary/aromatic N) is 1. The Labute approximate surface area is 137 Å². The Morgan fingerprint density at radius 1 is 1.43 bits per heavy atom. The van der Waals surface area contributed by atoms with Crippen molar-refractivity contribution in [1.82, 2.24) is 4.72 Å². The molecule has 0 radical (unpaired) electrons. The second kappa shape index (κ2) is 7.28. The summed E-state index contributed by atoms with van der Waals surface area (Å²) in [5.41, 5.74) is 0.575. The van der Waals surface area contributed by atoms with Gasteiger partial charge in [0.1, 0.15) is 10.5 Å². The summed E-state index contributed by atoms with van der Waals surface area (Å²) in [4.78, 5) is 11.6. The lowest BCUT2D eigenvalue weighted by atomic mass is 10.3. The first-order chi connectivity index (χ1) is 8.76. The van der Waals surface area contributed by atoms with Gasteiger partial charge >= 0.3 is 0 Å². The lowest BCUT2D eigenvalue weighted by molar-refractivity contribution is -0.660. The molecule has 0 saturated heterocycles. The number of benzene rings is 1. The predicted molar refractivity (Wildman–Crippen MR) is 76.4 cm³/mol. The fourth-order valence-corrected chi connectivity index (χ4v) is 3.23. The van der Waals surface area contributed by atoms with E-state index in [9.17, 15) is 17.6 Å². The third-order valence-corrected chi connectivity index (χ3v) is 4.13. The van der Waals surface area contributed by atoms with Gasteiger partial charge in [0.25, 0.3) is 5.91 Å². The van der Waals surface area contributed by atoms with Crippen LogP contribution in [0.25, 0.3) is 10.2 Å². The summed E-state index contributed by atoms with van der Waals surface area (Å²) in [5.74, 6) is -1.05. The zero-order valence-electron chi connectivity index (χ0n) is 10.7. The zero-order valence-corrected chi connectivity index (χ0v) is 13.9. The minimum atomic E-state index is -3.58. The molecule has 1 heterocycles. The van der Waals surface area contributed by atoms with Gasteiger partial charge in [0.05, 0.1) is 6.26 Å². The number of nitrogens with one attached hydrogen (secondary N) is 1. The average molecular weight is 399 g/mol. The molecule has 1 aromatic heterocycles. The molecule has 1 N–H and O–H groups in total. The van der Waals surface area contributed by atoms with Crippen molar-refractivity contribution in [3.8, 4) is 0 Å². The largest absolute Gasteiger partial charge is 1.00 e. The van der Waals surface area contributed by atoms with E-state index in [1.54, 1.807) is 17.6 Å². The van der Waals surface area contributed by atoms with Crippen LogP contribution in [-0.4, -0.2) is 20.6 Å². The van der Waals surface area contributed by atoms with Gasteiger partial charge in [0.15, 0.2) is 0 Å². The Kier molecular flexibility index (Phi) is 6.91. The Morgan fingerprint density at radius 2 is 2.05 bits per heavy atom. The van der Waals surface area contributed by atoms with Crippen LogP contribution in [0.1, 0.15) is 12.4 Å². The molecular weight excluding hydrogens is 383 g/mol. The van der Waals surface area contributed by atoms with Gasteiger partial charge in [-0.15, -0.1) is 0 Å². The van der Waals surface area contributed by atoms with Crippen molar-refractivity contribution in [2.24, 2.45) is 0 Å². The number of amides is 1. The number of carbonyl (C=O) groups excluding carboxylic acids is 1. The summed E-state index contributed by atoms with van der Waals surface area (Å²) < 4.78 is 39.5. The molecule has 2 aromatic rings. The Morgan fingerprint density at radius 3 is 2.62 bits per heavy atom. The van der Waals surface area contributed by atoms with E-state index in [0.29, 0.717) is 5.52 Å². The highest BCUT2D eigenvalue weighted by atomic mass is 79.9. The number of rotatable bonds is 3. The minimum absolute atomic E-state index is 0. The van der Waals surface area contributed by atoms with Crippen LogP contribution in [0.5, 0.6) is 0 Å². The molecule has 0 aliphatic rings. The van der Waals surface area contributed by atoms with E-state index >= 15 is 0 Å². The summed E-state index contributed by atoms with van der Waals surface area (Å²) in [6.45, 7) is 1.62. The maximum Gasteiger partial charge on any atom is 0.299 e. The maximum absolute atomic E-state index is 13.2. The third kappa shape index (κ3) is 5.01. The van der Waals surface area contributed by atoms with Gasteiger partial charge in [-0.05, 0) is 12.1 Å². The summed E-state index contributed by atoms with van der Waals surface area (Å²) in [5, 5.41) is 0.796. The van der Waals surface area contributed by atoms with Crippen LogP contribution >= 0.6 is 11.3 Å². The molecule has 118 valence electrons. The highest BCUT2D eigenvalue weighted by Gasteiger charge is 2.22. The highest BCUT2D eigenvalue weighted by Crippen LogP contribution is 2.20. The van der Waals surface area contributed by atoms with Crippen LogP contribution in [-0.2, 0) is 21.4 Å². The van der Waals surface area contributed by atoms with Crippen molar-refractivity contribution in [2.45, 2.75) is 20.9 Å². The summed E-state index contributed by atoms with van der Waals surface area (Å²) in [7, 11) is -3.58. The number of sulfonamides is 1. The molecule has 9 heteroatoms. The molecule has 0 atom stereocenters. The van der Waals surface area contributed by atoms with E-state index in [2.05, 4.69) is 0 Å². The number of fused-ring (bicyclic) bond motifs is 1. The van der Waals surface area contributed by atoms with E-state index in [1.165, 1.54) is 23.5 Å². The lowest BCUT2D eigenvalue weighted by Crippen LogP contribution is -3.00. The zero-order chi connectivity index (χ0) is 14.2.